The fourth-order valence-electron chi connectivity index (χ4n) is 2.96. The maximum atomic E-state index is 12.9. The van der Waals surface area contributed by atoms with Crippen LogP contribution in [0.3, 0.4) is 0 Å². The molecule has 0 aliphatic carbocycles. The summed E-state index contributed by atoms with van der Waals surface area (Å²) < 4.78 is 49.9. The summed E-state index contributed by atoms with van der Waals surface area (Å²) in [5.74, 6) is 0.0659. The lowest BCUT2D eigenvalue weighted by atomic mass is 10.1. The number of halogens is 3. The fraction of sp³-hybridized carbons (Fsp3) is 0.182. The van der Waals surface area contributed by atoms with Gasteiger partial charge in [-0.15, -0.1) is 0 Å². The Morgan fingerprint density at radius 1 is 1.09 bits per heavy atom. The zero-order chi connectivity index (χ0) is 23.6. The minimum Gasteiger partial charge on any atom is -0.490 e. The van der Waals surface area contributed by atoms with Gasteiger partial charge in [0.25, 0.3) is 5.91 Å². The summed E-state index contributed by atoms with van der Waals surface area (Å²) in [6.45, 7) is 2.65. The van der Waals surface area contributed by atoms with Crippen LogP contribution in [0, 0.1) is 12.3 Å². The molecule has 0 spiro atoms. The van der Waals surface area contributed by atoms with Crippen molar-refractivity contribution in [2.45, 2.75) is 13.1 Å². The van der Waals surface area contributed by atoms with Gasteiger partial charge in [0.1, 0.15) is 24.7 Å². The Balaban J connectivity index is 1.38. The zero-order valence-electron chi connectivity index (χ0n) is 17.2. The first-order chi connectivity index (χ1) is 15.7. The van der Waals surface area contributed by atoms with Crippen molar-refractivity contribution in [3.63, 3.8) is 0 Å². The van der Waals surface area contributed by atoms with Crippen LogP contribution in [0.2, 0.25) is 0 Å². The van der Waals surface area contributed by atoms with Crippen molar-refractivity contribution in [3.8, 4) is 11.5 Å². The monoisotopic (exact) mass is 474 g/mol. The number of aliphatic imine (C=N–C) groups is 1. The number of carbonyl (C=O) groups is 1. The van der Waals surface area contributed by atoms with Crippen molar-refractivity contribution in [2.75, 3.05) is 13.2 Å². The largest absolute Gasteiger partial charge is 0.490 e. The molecular weight excluding hydrogens is 457 g/mol. The van der Waals surface area contributed by atoms with Crippen LogP contribution in [0.4, 0.5) is 13.2 Å². The van der Waals surface area contributed by atoms with Crippen molar-refractivity contribution in [1.29, 1.82) is 5.41 Å². The minimum atomic E-state index is -4.68. The number of hydrogen-bond acceptors (Lipinski definition) is 6. The number of nitrogens with one attached hydrogen (secondary N) is 1. The third kappa shape index (κ3) is 5.25. The molecule has 0 fully saturated rings. The van der Waals surface area contributed by atoms with Crippen LogP contribution in [-0.4, -0.2) is 46.4 Å². The molecule has 1 amide bonds. The molecule has 1 N–H and O–H groups in total. The number of amides is 1. The van der Waals surface area contributed by atoms with Crippen LogP contribution >= 0.6 is 11.8 Å². The van der Waals surface area contributed by atoms with Gasteiger partial charge in [-0.2, -0.15) is 28.3 Å². The quantitative estimate of drug-likeness (QED) is 0.487. The normalized spacial score (nSPS) is 17.1. The molecule has 0 aromatic heterocycles. The van der Waals surface area contributed by atoms with Gasteiger partial charge in [-0.25, -0.2) is 0 Å². The van der Waals surface area contributed by atoms with Crippen LogP contribution < -0.4 is 9.47 Å². The number of hydrazone groups is 1. The van der Waals surface area contributed by atoms with E-state index in [4.69, 9.17) is 14.9 Å². The average Bonchev–Trinajstić information content (AvgIpc) is 3.20. The lowest BCUT2D eigenvalue weighted by Crippen LogP contribution is -2.35. The van der Waals surface area contributed by atoms with Crippen molar-refractivity contribution >= 4 is 39.8 Å². The number of amidine groups is 2. The Hall–Kier alpha value is -3.60. The predicted octanol–water partition coefficient (Wildman–Crippen LogP) is 4.63. The second kappa shape index (κ2) is 9.10. The summed E-state index contributed by atoms with van der Waals surface area (Å²) in [4.78, 5) is 15.9. The topological polar surface area (TPSA) is 87.3 Å². The SMILES string of the molecule is Cc1cccc(OCCOc2ccc(/C=C3/C(=N)N4N=C(C(F)(F)F)SC4=NC3=O)cc2)c1. The van der Waals surface area contributed by atoms with Gasteiger partial charge in [-0.3, -0.25) is 10.2 Å². The van der Waals surface area contributed by atoms with Gasteiger partial charge in [0.05, 0.1) is 5.57 Å². The van der Waals surface area contributed by atoms with Gasteiger partial charge in [0, 0.05) is 0 Å². The van der Waals surface area contributed by atoms with Crippen LogP contribution in [0.1, 0.15) is 11.1 Å². The molecule has 2 heterocycles. The molecule has 0 saturated heterocycles. The van der Waals surface area contributed by atoms with E-state index in [1.807, 2.05) is 31.2 Å². The number of hydrogen-bond donors (Lipinski definition) is 1. The number of rotatable bonds is 6. The van der Waals surface area contributed by atoms with E-state index >= 15 is 0 Å². The lowest BCUT2D eigenvalue weighted by molar-refractivity contribution is -0.114. The number of thioether (sulfide) groups is 1. The van der Waals surface area contributed by atoms with Gasteiger partial charge < -0.3 is 9.47 Å². The average molecular weight is 474 g/mol. The Kier molecular flexibility index (Phi) is 6.23. The smallest absolute Gasteiger partial charge is 0.441 e. The van der Waals surface area contributed by atoms with E-state index in [1.54, 1.807) is 24.3 Å². The Labute approximate surface area is 191 Å². The highest BCUT2D eigenvalue weighted by atomic mass is 32.2. The predicted molar refractivity (Wildman–Crippen MR) is 120 cm³/mol. The van der Waals surface area contributed by atoms with E-state index in [-0.39, 0.29) is 22.5 Å². The summed E-state index contributed by atoms with van der Waals surface area (Å²) in [5.41, 5.74) is 1.49. The van der Waals surface area contributed by atoms with Gasteiger partial charge in [-0.05, 0) is 60.2 Å². The molecule has 4 rings (SSSR count). The molecule has 2 aromatic rings. The van der Waals surface area contributed by atoms with Crippen LogP contribution in [0.5, 0.6) is 11.5 Å². The van der Waals surface area contributed by atoms with E-state index in [1.165, 1.54) is 6.08 Å². The number of ether oxygens (including phenoxy) is 2. The van der Waals surface area contributed by atoms with E-state index < -0.39 is 23.0 Å². The molecule has 2 aliphatic rings. The molecule has 0 atom stereocenters. The van der Waals surface area contributed by atoms with Crippen molar-refractivity contribution in [3.05, 3.63) is 65.2 Å². The van der Waals surface area contributed by atoms with Gasteiger partial charge >= 0.3 is 6.18 Å². The van der Waals surface area contributed by atoms with E-state index in [2.05, 4.69) is 10.1 Å². The first-order valence-corrected chi connectivity index (χ1v) is 10.5. The van der Waals surface area contributed by atoms with Crippen LogP contribution in [0.15, 0.2) is 64.2 Å². The zero-order valence-corrected chi connectivity index (χ0v) is 18.0. The number of aryl methyl sites for hydroxylation is 1. The third-order valence-corrected chi connectivity index (χ3v) is 5.45. The Bertz CT molecular complexity index is 1190. The Morgan fingerprint density at radius 2 is 1.79 bits per heavy atom. The number of nitrogens with zero attached hydrogens (tertiary/aromatic N) is 3. The van der Waals surface area contributed by atoms with Gasteiger partial charge in [0.2, 0.25) is 10.2 Å². The van der Waals surface area contributed by atoms with Gasteiger partial charge in [-0.1, -0.05) is 24.3 Å². The van der Waals surface area contributed by atoms with Gasteiger partial charge in [0.15, 0.2) is 5.84 Å². The van der Waals surface area contributed by atoms with E-state index in [9.17, 15) is 18.0 Å². The van der Waals surface area contributed by atoms with Crippen LogP contribution in [-0.2, 0) is 4.79 Å². The van der Waals surface area contributed by atoms with E-state index in [0.717, 1.165) is 11.3 Å². The summed E-state index contributed by atoms with van der Waals surface area (Å²) in [6.07, 6.45) is -3.31. The highest BCUT2D eigenvalue weighted by Gasteiger charge is 2.46. The molecule has 0 bridgehead atoms. The van der Waals surface area contributed by atoms with Crippen molar-refractivity contribution in [2.24, 2.45) is 10.1 Å². The fourth-order valence-corrected chi connectivity index (χ4v) is 3.72. The molecular formula is C22H17F3N4O3S. The summed E-state index contributed by atoms with van der Waals surface area (Å²) in [6, 6.07) is 14.3. The minimum absolute atomic E-state index is 0.160. The lowest BCUT2D eigenvalue weighted by Gasteiger charge is -2.20. The van der Waals surface area contributed by atoms with Crippen molar-refractivity contribution in [1.82, 2.24) is 5.01 Å². The highest BCUT2D eigenvalue weighted by molar-refractivity contribution is 8.27. The first kappa shape index (κ1) is 22.6. The van der Waals surface area contributed by atoms with Crippen molar-refractivity contribution < 1.29 is 27.4 Å². The highest BCUT2D eigenvalue weighted by Crippen LogP contribution is 2.35. The molecule has 2 aromatic carbocycles. The second-order valence-electron chi connectivity index (χ2n) is 7.01. The first-order valence-electron chi connectivity index (χ1n) is 9.70. The summed E-state index contributed by atoms with van der Waals surface area (Å²) >= 11 is 0.213. The maximum absolute atomic E-state index is 12.9. The third-order valence-electron chi connectivity index (χ3n) is 4.50. The second-order valence-corrected chi connectivity index (χ2v) is 7.96. The molecule has 0 radical (unpaired) electrons. The maximum Gasteiger partial charge on any atom is 0.441 e. The number of alkyl halides is 3. The molecule has 11 heteroatoms. The molecule has 33 heavy (non-hydrogen) atoms. The number of carbonyl (C=O) groups excluding carboxylic acids is 1. The van der Waals surface area contributed by atoms with E-state index in [0.29, 0.717) is 29.5 Å². The standard InChI is InChI=1S/C22H17F3N4O3S/c1-13-3-2-4-16(11-13)32-10-9-31-15-7-5-14(6-8-15)12-17-18(26)29-21(27-19(17)30)33-20(28-29)22(23,24)25/h2-8,11-12,26H,9-10H2,1H3/b17-12-,26-18?. The molecule has 0 unspecified atom stereocenters. The molecule has 170 valence electrons. The molecule has 2 aliphatic heterocycles. The molecule has 7 nitrogen and oxygen atoms in total. The van der Waals surface area contributed by atoms with Crippen LogP contribution in [0.25, 0.3) is 6.08 Å². The summed E-state index contributed by atoms with van der Waals surface area (Å²) in [5, 5.41) is 10.8. The summed E-state index contributed by atoms with van der Waals surface area (Å²) in [7, 11) is 0. The Morgan fingerprint density at radius 3 is 2.45 bits per heavy atom. The molecule has 0 saturated carbocycles. The number of fused-ring (bicyclic) bond motifs is 1. The number of benzene rings is 2.